The molecule has 0 saturated carbocycles. The highest BCUT2D eigenvalue weighted by Crippen LogP contribution is 2.35. The number of alkyl halides is 1. The van der Waals surface area contributed by atoms with Crippen molar-refractivity contribution in [3.8, 4) is 0 Å². The van der Waals surface area contributed by atoms with E-state index in [0.29, 0.717) is 26.3 Å². The van der Waals surface area contributed by atoms with Crippen LogP contribution in [0.4, 0.5) is 10.1 Å². The van der Waals surface area contributed by atoms with Crippen molar-refractivity contribution in [2.45, 2.75) is 37.7 Å². The van der Waals surface area contributed by atoms with Gasteiger partial charge in [0.25, 0.3) is 5.91 Å². The third-order valence-electron chi connectivity index (χ3n) is 4.52. The molecule has 2 heterocycles. The van der Waals surface area contributed by atoms with Gasteiger partial charge in [0, 0.05) is 11.9 Å². The molecule has 154 valence electrons. The normalized spacial score (nSPS) is 12.9. The number of hydrogen-bond acceptors (Lipinski definition) is 7. The topological polar surface area (TPSA) is 115 Å². The van der Waals surface area contributed by atoms with Gasteiger partial charge in [0.05, 0.1) is 21.3 Å². The van der Waals surface area contributed by atoms with E-state index in [9.17, 15) is 17.6 Å². The number of aryl methyl sites for hydroxylation is 2. The van der Waals surface area contributed by atoms with Crippen LogP contribution in [0.25, 0.3) is 10.2 Å². The highest BCUT2D eigenvalue weighted by atomic mass is 35.5. The Morgan fingerprint density at radius 3 is 2.66 bits per heavy atom. The average Bonchev–Trinajstić information content (AvgIpc) is 2.99. The first-order chi connectivity index (χ1) is 13.5. The van der Waals surface area contributed by atoms with Gasteiger partial charge >= 0.3 is 0 Å². The number of halogens is 2. The van der Waals surface area contributed by atoms with Gasteiger partial charge < -0.3 is 11.1 Å². The SMILES string of the molecule is Cc1nnc2sc(C(=O)NCc3ccc(S(=O)(=O)C(C)F)c(Cl)c3)c(N)c2c1C. The van der Waals surface area contributed by atoms with Gasteiger partial charge in [-0.25, -0.2) is 12.8 Å². The number of rotatable bonds is 5. The van der Waals surface area contributed by atoms with E-state index in [2.05, 4.69) is 15.5 Å². The van der Waals surface area contributed by atoms with Crippen LogP contribution in [0.5, 0.6) is 0 Å². The molecule has 1 amide bonds. The minimum absolute atomic E-state index is 0.0848. The molecule has 0 aliphatic heterocycles. The van der Waals surface area contributed by atoms with E-state index < -0.39 is 21.2 Å². The van der Waals surface area contributed by atoms with Crippen LogP contribution >= 0.6 is 22.9 Å². The lowest BCUT2D eigenvalue weighted by Crippen LogP contribution is -2.22. The highest BCUT2D eigenvalue weighted by Gasteiger charge is 2.25. The van der Waals surface area contributed by atoms with E-state index in [1.54, 1.807) is 0 Å². The smallest absolute Gasteiger partial charge is 0.263 e. The fraction of sp³-hybridized carbons (Fsp3) is 0.278. The number of sulfone groups is 1. The van der Waals surface area contributed by atoms with Crippen molar-refractivity contribution < 1.29 is 17.6 Å². The standard InChI is InChI=1S/C18H18ClFN4O3S2/c1-8-9(2)23-24-18-14(8)15(21)16(28-18)17(25)22-7-11-4-5-13(12(19)6-11)29(26,27)10(3)20/h4-6,10H,7,21H2,1-3H3,(H,22,25). The van der Waals surface area contributed by atoms with Crippen LogP contribution in [-0.4, -0.2) is 30.0 Å². The van der Waals surface area contributed by atoms with Crippen molar-refractivity contribution in [1.82, 2.24) is 15.5 Å². The number of nitrogen functional groups attached to an aromatic ring is 1. The van der Waals surface area contributed by atoms with Gasteiger partial charge in [-0.05, 0) is 44.0 Å². The van der Waals surface area contributed by atoms with Gasteiger partial charge in [0.2, 0.25) is 15.3 Å². The number of aromatic nitrogens is 2. The molecule has 0 spiro atoms. The van der Waals surface area contributed by atoms with Crippen LogP contribution in [0.2, 0.25) is 5.02 Å². The monoisotopic (exact) mass is 456 g/mol. The third-order valence-corrected chi connectivity index (χ3v) is 7.86. The number of nitrogens with zero attached hydrogens (tertiary/aromatic N) is 2. The molecule has 0 saturated heterocycles. The molecule has 0 aliphatic rings. The molecule has 1 aromatic carbocycles. The maximum absolute atomic E-state index is 13.3. The lowest BCUT2D eigenvalue weighted by molar-refractivity contribution is 0.0956. The molecular weight excluding hydrogens is 439 g/mol. The molecule has 3 rings (SSSR count). The lowest BCUT2D eigenvalue weighted by atomic mass is 10.1. The van der Waals surface area contributed by atoms with Gasteiger partial charge in [-0.3, -0.25) is 4.79 Å². The zero-order valence-corrected chi connectivity index (χ0v) is 18.2. The third kappa shape index (κ3) is 3.92. The van der Waals surface area contributed by atoms with Crippen molar-refractivity contribution in [1.29, 1.82) is 0 Å². The van der Waals surface area contributed by atoms with E-state index in [4.69, 9.17) is 17.3 Å². The van der Waals surface area contributed by atoms with Gasteiger partial charge in [0.15, 0.2) is 0 Å². The van der Waals surface area contributed by atoms with Gasteiger partial charge in [-0.2, -0.15) is 5.10 Å². The first-order valence-corrected chi connectivity index (χ1v) is 11.2. The Hall–Kier alpha value is -2.30. The number of amides is 1. The van der Waals surface area contributed by atoms with E-state index in [1.165, 1.54) is 18.2 Å². The molecule has 3 aromatic rings. The summed E-state index contributed by atoms with van der Waals surface area (Å²) >= 11 is 7.15. The molecule has 11 heteroatoms. The van der Waals surface area contributed by atoms with Crippen LogP contribution in [0, 0.1) is 13.8 Å². The summed E-state index contributed by atoms with van der Waals surface area (Å²) < 4.78 is 37.2. The molecule has 1 unspecified atom stereocenters. The second kappa shape index (κ2) is 7.85. The molecular formula is C18H18ClFN4O3S2. The van der Waals surface area contributed by atoms with Crippen LogP contribution in [0.3, 0.4) is 0 Å². The van der Waals surface area contributed by atoms with Crippen LogP contribution < -0.4 is 11.1 Å². The Morgan fingerprint density at radius 1 is 1.34 bits per heavy atom. The largest absolute Gasteiger partial charge is 0.397 e. The van der Waals surface area contributed by atoms with Gasteiger partial charge in [-0.15, -0.1) is 16.4 Å². The Labute approximate surface area is 176 Å². The Balaban J connectivity index is 1.81. The fourth-order valence-corrected chi connectivity index (χ4v) is 5.21. The number of hydrogen-bond donors (Lipinski definition) is 2. The second-order valence-corrected chi connectivity index (χ2v) is 10.1. The molecule has 29 heavy (non-hydrogen) atoms. The zero-order chi connectivity index (χ0) is 21.5. The summed E-state index contributed by atoms with van der Waals surface area (Å²) in [6.45, 7) is 4.70. The number of carbonyl (C=O) groups is 1. The highest BCUT2D eigenvalue weighted by molar-refractivity contribution is 7.92. The molecule has 0 radical (unpaired) electrons. The molecule has 2 aromatic heterocycles. The van der Waals surface area contributed by atoms with Crippen molar-refractivity contribution in [3.63, 3.8) is 0 Å². The summed E-state index contributed by atoms with van der Waals surface area (Å²) in [4.78, 5) is 13.2. The number of nitrogens with one attached hydrogen (secondary N) is 1. The summed E-state index contributed by atoms with van der Waals surface area (Å²) in [7, 11) is -4.14. The predicted octanol–water partition coefficient (Wildman–Crippen LogP) is 3.56. The first kappa shape index (κ1) is 21.4. The summed E-state index contributed by atoms with van der Waals surface area (Å²) in [5, 5.41) is 11.5. The summed E-state index contributed by atoms with van der Waals surface area (Å²) in [6, 6.07) is 4.07. The maximum Gasteiger partial charge on any atom is 0.263 e. The van der Waals surface area contributed by atoms with Crippen LogP contribution in [0.1, 0.15) is 33.4 Å². The number of fused-ring (bicyclic) bond motifs is 1. The van der Waals surface area contributed by atoms with Crippen molar-refractivity contribution >= 4 is 54.6 Å². The Bertz CT molecular complexity index is 1230. The van der Waals surface area contributed by atoms with E-state index in [1.807, 2.05) is 13.8 Å². The molecule has 0 fully saturated rings. The molecule has 0 aliphatic carbocycles. The molecule has 0 bridgehead atoms. The van der Waals surface area contributed by atoms with E-state index in [-0.39, 0.29) is 16.5 Å². The zero-order valence-electron chi connectivity index (χ0n) is 15.8. The summed E-state index contributed by atoms with van der Waals surface area (Å²) in [6.07, 6.45) is 0. The van der Waals surface area contributed by atoms with Crippen molar-refractivity contribution in [2.75, 3.05) is 5.73 Å². The predicted molar refractivity (Wildman–Crippen MR) is 112 cm³/mol. The Morgan fingerprint density at radius 2 is 2.03 bits per heavy atom. The quantitative estimate of drug-likeness (QED) is 0.606. The first-order valence-electron chi connectivity index (χ1n) is 8.50. The van der Waals surface area contributed by atoms with Crippen LogP contribution in [0.15, 0.2) is 23.1 Å². The second-order valence-electron chi connectivity index (χ2n) is 6.47. The molecule has 3 N–H and O–H groups in total. The van der Waals surface area contributed by atoms with Gasteiger partial charge in [0.1, 0.15) is 9.71 Å². The lowest BCUT2D eigenvalue weighted by Gasteiger charge is -2.10. The number of thiophene rings is 1. The number of carbonyl (C=O) groups excluding carboxylic acids is 1. The minimum atomic E-state index is -4.14. The fourth-order valence-electron chi connectivity index (χ4n) is 2.73. The summed E-state index contributed by atoms with van der Waals surface area (Å²) in [5.74, 6) is -0.396. The van der Waals surface area contributed by atoms with Crippen molar-refractivity contribution in [2.24, 2.45) is 0 Å². The number of benzene rings is 1. The van der Waals surface area contributed by atoms with Crippen molar-refractivity contribution in [3.05, 3.63) is 44.9 Å². The number of nitrogens with two attached hydrogens (primary N) is 1. The molecule has 7 nitrogen and oxygen atoms in total. The summed E-state index contributed by atoms with van der Waals surface area (Å²) in [5.41, 5.74) is 6.59. The maximum atomic E-state index is 13.3. The Kier molecular flexibility index (Phi) is 5.79. The van der Waals surface area contributed by atoms with E-state index in [0.717, 1.165) is 29.5 Å². The van der Waals surface area contributed by atoms with Crippen LogP contribution in [-0.2, 0) is 16.4 Å². The minimum Gasteiger partial charge on any atom is -0.397 e. The molecule has 1 atom stereocenters. The number of anilines is 1. The average molecular weight is 457 g/mol. The van der Waals surface area contributed by atoms with E-state index >= 15 is 0 Å². The van der Waals surface area contributed by atoms with Gasteiger partial charge in [-0.1, -0.05) is 17.7 Å².